The first-order valence-corrected chi connectivity index (χ1v) is 9.45. The molecule has 29 heavy (non-hydrogen) atoms. The molecular weight excluding hydrogens is 388 g/mol. The summed E-state index contributed by atoms with van der Waals surface area (Å²) in [6.45, 7) is 2.18. The number of nitrogens with one attached hydrogen (secondary N) is 1. The Morgan fingerprint density at radius 3 is 2.69 bits per heavy atom. The van der Waals surface area contributed by atoms with Gasteiger partial charge in [-0.15, -0.1) is 0 Å². The van der Waals surface area contributed by atoms with Gasteiger partial charge < -0.3 is 14.5 Å². The van der Waals surface area contributed by atoms with Crippen LogP contribution in [0.15, 0.2) is 70.7 Å². The summed E-state index contributed by atoms with van der Waals surface area (Å²) in [6, 6.07) is 20.0. The average Bonchev–Trinajstić information content (AvgIpc) is 3.19. The van der Waals surface area contributed by atoms with Gasteiger partial charge in [0.15, 0.2) is 0 Å². The minimum absolute atomic E-state index is 0.0520. The Bertz CT molecular complexity index is 1080. The Kier molecular flexibility index (Phi) is 6.72. The Morgan fingerprint density at radius 2 is 1.93 bits per heavy atom. The topological polar surface area (TPSA) is 75.3 Å². The number of benzene rings is 2. The molecule has 0 spiro atoms. The van der Waals surface area contributed by atoms with Crippen LogP contribution < -0.4 is 10.1 Å². The lowest BCUT2D eigenvalue weighted by atomic mass is 10.1. The third kappa shape index (κ3) is 5.28. The van der Waals surface area contributed by atoms with Crippen LogP contribution in [0, 0.1) is 11.3 Å². The zero-order valence-electron chi connectivity index (χ0n) is 15.8. The maximum Gasteiger partial charge on any atom is 0.266 e. The monoisotopic (exact) mass is 406 g/mol. The highest BCUT2D eigenvalue weighted by molar-refractivity contribution is 6.32. The Labute approximate surface area is 174 Å². The van der Waals surface area contributed by atoms with Crippen molar-refractivity contribution >= 4 is 29.3 Å². The molecule has 1 aromatic heterocycles. The van der Waals surface area contributed by atoms with Crippen molar-refractivity contribution in [1.29, 1.82) is 5.26 Å². The standard InChI is InChI=1S/C23H19ClN2O3/c1-2-16-7-3-5-9-21(16)26-23(27)17(14-25)13-18-11-12-19(29-18)15-28-22-10-6-4-8-20(22)24/h3-13H,2,15H2,1H3,(H,26,27)/b17-13+. The number of hydrogen-bond donors (Lipinski definition) is 1. The van der Waals surface area contributed by atoms with E-state index in [0.29, 0.717) is 28.0 Å². The first-order valence-electron chi connectivity index (χ1n) is 9.07. The molecule has 146 valence electrons. The molecule has 0 saturated carbocycles. The fourth-order valence-corrected chi connectivity index (χ4v) is 2.88. The molecule has 6 heteroatoms. The number of nitrogens with zero attached hydrogens (tertiary/aromatic N) is 1. The van der Waals surface area contributed by atoms with Crippen LogP contribution in [0.3, 0.4) is 0 Å². The number of rotatable bonds is 7. The molecule has 0 radical (unpaired) electrons. The summed E-state index contributed by atoms with van der Waals surface area (Å²) in [5.41, 5.74) is 1.63. The fraction of sp³-hybridized carbons (Fsp3) is 0.130. The first kappa shape index (κ1) is 20.2. The predicted molar refractivity (Wildman–Crippen MR) is 113 cm³/mol. The number of carbonyl (C=O) groups is 1. The number of para-hydroxylation sites is 2. The van der Waals surface area contributed by atoms with E-state index in [4.69, 9.17) is 20.8 Å². The van der Waals surface area contributed by atoms with E-state index in [-0.39, 0.29) is 12.2 Å². The SMILES string of the molecule is CCc1ccccc1NC(=O)/C(C#N)=C/c1ccc(COc2ccccc2Cl)o1. The van der Waals surface area contributed by atoms with Crippen molar-refractivity contribution in [3.63, 3.8) is 0 Å². The van der Waals surface area contributed by atoms with E-state index >= 15 is 0 Å². The zero-order valence-corrected chi connectivity index (χ0v) is 16.6. The van der Waals surface area contributed by atoms with E-state index in [2.05, 4.69) is 5.32 Å². The summed E-state index contributed by atoms with van der Waals surface area (Å²) in [4.78, 5) is 12.5. The van der Waals surface area contributed by atoms with Gasteiger partial charge in [-0.1, -0.05) is 48.9 Å². The van der Waals surface area contributed by atoms with Gasteiger partial charge in [-0.05, 0) is 42.3 Å². The molecule has 0 unspecified atom stereocenters. The van der Waals surface area contributed by atoms with Crippen molar-refractivity contribution in [2.45, 2.75) is 20.0 Å². The second kappa shape index (κ2) is 9.63. The highest BCUT2D eigenvalue weighted by Crippen LogP contribution is 2.24. The molecule has 0 aliphatic rings. The molecule has 1 heterocycles. The molecule has 0 fully saturated rings. The van der Waals surface area contributed by atoms with Crippen molar-refractivity contribution in [3.8, 4) is 11.8 Å². The number of carbonyl (C=O) groups excluding carboxylic acids is 1. The quantitative estimate of drug-likeness (QED) is 0.408. The second-order valence-electron chi connectivity index (χ2n) is 6.16. The highest BCUT2D eigenvalue weighted by Gasteiger charge is 2.13. The summed E-state index contributed by atoms with van der Waals surface area (Å²) < 4.78 is 11.3. The maximum atomic E-state index is 12.5. The number of furan rings is 1. The number of nitriles is 1. The molecule has 0 saturated heterocycles. The van der Waals surface area contributed by atoms with Crippen LogP contribution in [0.1, 0.15) is 24.0 Å². The normalized spacial score (nSPS) is 11.0. The van der Waals surface area contributed by atoms with Gasteiger partial charge in [0.05, 0.1) is 5.02 Å². The number of aryl methyl sites for hydroxylation is 1. The molecule has 0 aliphatic carbocycles. The van der Waals surface area contributed by atoms with Crippen LogP contribution in [-0.2, 0) is 17.8 Å². The first-order chi connectivity index (χ1) is 14.1. The Morgan fingerprint density at radius 1 is 1.17 bits per heavy atom. The van der Waals surface area contributed by atoms with Crippen molar-refractivity contribution in [3.05, 3.63) is 88.3 Å². The molecule has 1 N–H and O–H groups in total. The summed E-state index contributed by atoms with van der Waals surface area (Å²) >= 11 is 6.06. The smallest absolute Gasteiger partial charge is 0.266 e. The molecule has 3 aromatic rings. The number of amides is 1. The van der Waals surface area contributed by atoms with Gasteiger partial charge in [0.2, 0.25) is 0 Å². The fourth-order valence-electron chi connectivity index (χ4n) is 2.69. The Balaban J connectivity index is 1.69. The van der Waals surface area contributed by atoms with Gasteiger partial charge in [0, 0.05) is 11.8 Å². The largest absolute Gasteiger partial charge is 0.484 e. The van der Waals surface area contributed by atoms with Crippen LogP contribution in [0.25, 0.3) is 6.08 Å². The van der Waals surface area contributed by atoms with Crippen molar-refractivity contribution in [2.24, 2.45) is 0 Å². The molecule has 5 nitrogen and oxygen atoms in total. The van der Waals surface area contributed by atoms with E-state index in [1.165, 1.54) is 6.08 Å². The lowest BCUT2D eigenvalue weighted by molar-refractivity contribution is -0.112. The van der Waals surface area contributed by atoms with E-state index in [0.717, 1.165) is 12.0 Å². The lowest BCUT2D eigenvalue weighted by Crippen LogP contribution is -2.14. The van der Waals surface area contributed by atoms with Crippen molar-refractivity contribution in [1.82, 2.24) is 0 Å². The van der Waals surface area contributed by atoms with Gasteiger partial charge in [-0.2, -0.15) is 5.26 Å². The van der Waals surface area contributed by atoms with Gasteiger partial charge in [0.25, 0.3) is 5.91 Å². The summed E-state index contributed by atoms with van der Waals surface area (Å²) in [5.74, 6) is 0.997. The van der Waals surface area contributed by atoms with Crippen molar-refractivity contribution in [2.75, 3.05) is 5.32 Å². The third-order valence-electron chi connectivity index (χ3n) is 4.19. The minimum atomic E-state index is -0.487. The number of hydrogen-bond acceptors (Lipinski definition) is 4. The molecule has 2 aromatic carbocycles. The maximum absolute atomic E-state index is 12.5. The molecule has 3 rings (SSSR count). The van der Waals surface area contributed by atoms with E-state index < -0.39 is 5.91 Å². The van der Waals surface area contributed by atoms with E-state index in [9.17, 15) is 10.1 Å². The number of anilines is 1. The van der Waals surface area contributed by atoms with Crippen LogP contribution in [0.4, 0.5) is 5.69 Å². The van der Waals surface area contributed by atoms with E-state index in [1.807, 2.05) is 49.4 Å². The zero-order chi connectivity index (χ0) is 20.6. The van der Waals surface area contributed by atoms with Gasteiger partial charge in [-0.3, -0.25) is 4.79 Å². The highest BCUT2D eigenvalue weighted by atomic mass is 35.5. The molecule has 0 aliphatic heterocycles. The molecule has 0 atom stereocenters. The molecule has 0 bridgehead atoms. The lowest BCUT2D eigenvalue weighted by Gasteiger charge is -2.08. The minimum Gasteiger partial charge on any atom is -0.484 e. The van der Waals surface area contributed by atoms with Crippen LogP contribution in [0.5, 0.6) is 5.75 Å². The van der Waals surface area contributed by atoms with E-state index in [1.54, 1.807) is 24.3 Å². The summed E-state index contributed by atoms with van der Waals surface area (Å²) in [7, 11) is 0. The van der Waals surface area contributed by atoms with Crippen molar-refractivity contribution < 1.29 is 13.9 Å². The third-order valence-corrected chi connectivity index (χ3v) is 4.50. The van der Waals surface area contributed by atoms with Crippen LogP contribution in [-0.4, -0.2) is 5.91 Å². The van der Waals surface area contributed by atoms with Crippen LogP contribution in [0.2, 0.25) is 5.02 Å². The summed E-state index contributed by atoms with van der Waals surface area (Å²) in [5, 5.41) is 12.7. The predicted octanol–water partition coefficient (Wildman–Crippen LogP) is 5.62. The Hall–Kier alpha value is -3.49. The van der Waals surface area contributed by atoms with Gasteiger partial charge in [-0.25, -0.2) is 0 Å². The number of ether oxygens (including phenoxy) is 1. The average molecular weight is 407 g/mol. The molecular formula is C23H19ClN2O3. The number of halogens is 1. The summed E-state index contributed by atoms with van der Waals surface area (Å²) in [6.07, 6.45) is 2.18. The van der Waals surface area contributed by atoms with Gasteiger partial charge in [0.1, 0.15) is 35.5 Å². The molecule has 1 amide bonds. The van der Waals surface area contributed by atoms with Gasteiger partial charge >= 0.3 is 0 Å². The second-order valence-corrected chi connectivity index (χ2v) is 6.57. The van der Waals surface area contributed by atoms with Crippen LogP contribution >= 0.6 is 11.6 Å².